The predicted molar refractivity (Wildman–Crippen MR) is 139 cm³/mol. The lowest BCUT2D eigenvalue weighted by molar-refractivity contribution is -0.139. The number of carbonyl (C=O) groups excluding carboxylic acids is 3. The van der Waals surface area contributed by atoms with Crippen LogP contribution in [-0.4, -0.2) is 57.0 Å². The lowest BCUT2D eigenvalue weighted by Crippen LogP contribution is -2.44. The van der Waals surface area contributed by atoms with Gasteiger partial charge in [-0.15, -0.1) is 0 Å². The fourth-order valence-corrected chi connectivity index (χ4v) is 4.07. The van der Waals surface area contributed by atoms with Crippen LogP contribution in [0.25, 0.3) is 0 Å². The Morgan fingerprint density at radius 1 is 0.973 bits per heavy atom. The van der Waals surface area contributed by atoms with Gasteiger partial charge in [0, 0.05) is 29.5 Å². The number of aliphatic hydroxyl groups is 4. The van der Waals surface area contributed by atoms with Gasteiger partial charge in [-0.1, -0.05) is 31.2 Å². The first-order valence-corrected chi connectivity index (χ1v) is 12.0. The Labute approximate surface area is 215 Å². The van der Waals surface area contributed by atoms with Gasteiger partial charge >= 0.3 is 0 Å². The summed E-state index contributed by atoms with van der Waals surface area (Å²) in [5, 5.41) is 44.9. The number of benzene rings is 2. The minimum atomic E-state index is -1.93. The molecule has 0 bridgehead atoms. The Morgan fingerprint density at radius 2 is 1.54 bits per heavy atom. The predicted octanol–water partition coefficient (Wildman–Crippen LogP) is 1.63. The van der Waals surface area contributed by atoms with E-state index in [1.807, 2.05) is 0 Å². The Hall–Kier alpha value is -3.57. The summed E-state index contributed by atoms with van der Waals surface area (Å²) in [6.07, 6.45) is 1.34. The normalized spacial score (nSPS) is 19.4. The SMILES string of the molecule is C[C@H](O)C(=O)Nc1ccc(CN2C(=O)[C@](O)([C@H](C)/C=C/CCO)c3cc(NC(=O)[C@H](C)O)ccc32)cc1. The molecule has 37 heavy (non-hydrogen) atoms. The van der Waals surface area contributed by atoms with E-state index in [1.54, 1.807) is 55.5 Å². The summed E-state index contributed by atoms with van der Waals surface area (Å²) in [5.74, 6) is -2.36. The number of hydrogen-bond donors (Lipinski definition) is 6. The molecule has 0 aromatic heterocycles. The average Bonchev–Trinajstić information content (AvgIpc) is 3.07. The zero-order chi connectivity index (χ0) is 27.3. The maximum Gasteiger partial charge on any atom is 0.264 e. The summed E-state index contributed by atoms with van der Waals surface area (Å²) in [6.45, 7) is 4.45. The second-order valence-electron chi connectivity index (χ2n) is 9.15. The molecule has 0 fully saturated rings. The van der Waals surface area contributed by atoms with E-state index in [0.29, 0.717) is 29.0 Å². The van der Waals surface area contributed by atoms with Crippen molar-refractivity contribution in [2.24, 2.45) is 5.92 Å². The molecule has 2 aromatic rings. The second-order valence-corrected chi connectivity index (χ2v) is 9.15. The van der Waals surface area contributed by atoms with Crippen LogP contribution in [-0.2, 0) is 26.5 Å². The minimum absolute atomic E-state index is 0.0680. The van der Waals surface area contributed by atoms with Gasteiger partial charge in [0.25, 0.3) is 17.7 Å². The maximum atomic E-state index is 13.7. The van der Waals surface area contributed by atoms with Gasteiger partial charge in [0.15, 0.2) is 5.60 Å². The molecule has 0 unspecified atom stereocenters. The van der Waals surface area contributed by atoms with E-state index >= 15 is 0 Å². The van der Waals surface area contributed by atoms with Crippen LogP contribution >= 0.6 is 0 Å². The van der Waals surface area contributed by atoms with Gasteiger partial charge in [0.05, 0.1) is 12.2 Å². The molecular formula is C27H33N3O7. The lowest BCUT2D eigenvalue weighted by atomic mass is 9.82. The van der Waals surface area contributed by atoms with Crippen molar-refractivity contribution in [1.82, 2.24) is 0 Å². The highest BCUT2D eigenvalue weighted by molar-refractivity contribution is 6.08. The monoisotopic (exact) mass is 511 g/mol. The Morgan fingerprint density at radius 3 is 2.11 bits per heavy atom. The molecule has 0 spiro atoms. The van der Waals surface area contributed by atoms with E-state index in [4.69, 9.17) is 5.11 Å². The molecule has 0 aliphatic carbocycles. The van der Waals surface area contributed by atoms with Crippen molar-refractivity contribution >= 4 is 34.8 Å². The molecular weight excluding hydrogens is 478 g/mol. The van der Waals surface area contributed by atoms with E-state index in [1.165, 1.54) is 24.8 Å². The summed E-state index contributed by atoms with van der Waals surface area (Å²) >= 11 is 0. The molecule has 1 aliphatic heterocycles. The van der Waals surface area contributed by atoms with Gasteiger partial charge < -0.3 is 36.0 Å². The summed E-state index contributed by atoms with van der Waals surface area (Å²) in [6, 6.07) is 11.5. The molecule has 0 saturated heterocycles. The molecule has 4 atom stereocenters. The largest absolute Gasteiger partial charge is 0.396 e. The molecule has 2 aromatic carbocycles. The number of nitrogens with zero attached hydrogens (tertiary/aromatic N) is 1. The summed E-state index contributed by atoms with van der Waals surface area (Å²) in [4.78, 5) is 38.8. The van der Waals surface area contributed by atoms with Crippen LogP contribution in [0.2, 0.25) is 0 Å². The number of nitrogens with one attached hydrogen (secondary N) is 2. The zero-order valence-corrected chi connectivity index (χ0v) is 21.0. The maximum absolute atomic E-state index is 13.7. The number of rotatable bonds is 10. The third-order valence-electron chi connectivity index (χ3n) is 6.24. The van der Waals surface area contributed by atoms with Gasteiger partial charge in [-0.25, -0.2) is 0 Å². The summed E-state index contributed by atoms with van der Waals surface area (Å²) in [7, 11) is 0. The highest BCUT2D eigenvalue weighted by Gasteiger charge is 2.52. The first-order chi connectivity index (χ1) is 17.5. The van der Waals surface area contributed by atoms with Crippen LogP contribution in [0.15, 0.2) is 54.6 Å². The quantitative estimate of drug-likeness (QED) is 0.265. The Kier molecular flexibility index (Phi) is 8.82. The van der Waals surface area contributed by atoms with Crippen LogP contribution in [0.4, 0.5) is 17.1 Å². The Bertz CT molecular complexity index is 1180. The highest BCUT2D eigenvalue weighted by atomic mass is 16.3. The third kappa shape index (κ3) is 6.05. The van der Waals surface area contributed by atoms with E-state index in [9.17, 15) is 29.7 Å². The van der Waals surface area contributed by atoms with Gasteiger partial charge in [0.2, 0.25) is 0 Å². The second kappa shape index (κ2) is 11.7. The van der Waals surface area contributed by atoms with Crippen molar-refractivity contribution in [2.75, 3.05) is 22.1 Å². The zero-order valence-electron chi connectivity index (χ0n) is 21.0. The van der Waals surface area contributed by atoms with Gasteiger partial charge in [-0.3, -0.25) is 14.4 Å². The number of anilines is 3. The average molecular weight is 512 g/mol. The molecule has 1 aliphatic rings. The molecule has 1 heterocycles. The number of amides is 3. The van der Waals surface area contributed by atoms with Crippen LogP contribution in [0, 0.1) is 5.92 Å². The van der Waals surface area contributed by atoms with Gasteiger partial charge in [-0.2, -0.15) is 0 Å². The van der Waals surface area contributed by atoms with E-state index < -0.39 is 41.4 Å². The first kappa shape index (κ1) is 28.0. The van der Waals surface area contributed by atoms with Gasteiger partial charge in [0.1, 0.15) is 12.2 Å². The standard InChI is InChI=1S/C27H33N3O7/c1-16(6-4-5-13-31)27(37)22-14-21(29-25(35)18(3)33)11-12-23(22)30(26(27)36)15-19-7-9-20(10-8-19)28-24(34)17(2)32/h4,6-12,14,16-18,31-33,37H,5,13,15H2,1-3H3,(H,28,34)(H,29,35)/b6-4+/t16-,17+,18+,27+/m1/s1. The van der Waals surface area contributed by atoms with E-state index in [-0.39, 0.29) is 13.2 Å². The molecule has 0 radical (unpaired) electrons. The lowest BCUT2D eigenvalue weighted by Gasteiger charge is -2.28. The fourth-order valence-electron chi connectivity index (χ4n) is 4.07. The third-order valence-corrected chi connectivity index (χ3v) is 6.24. The van der Waals surface area contributed by atoms with Gasteiger partial charge in [-0.05, 0) is 56.2 Å². The highest BCUT2D eigenvalue weighted by Crippen LogP contribution is 2.46. The molecule has 198 valence electrons. The number of fused-ring (bicyclic) bond motifs is 1. The van der Waals surface area contributed by atoms with Crippen molar-refractivity contribution in [3.63, 3.8) is 0 Å². The first-order valence-electron chi connectivity index (χ1n) is 12.0. The smallest absolute Gasteiger partial charge is 0.264 e. The number of hydrogen-bond acceptors (Lipinski definition) is 7. The molecule has 10 nitrogen and oxygen atoms in total. The van der Waals surface area contributed by atoms with Crippen molar-refractivity contribution in [2.45, 2.75) is 51.5 Å². The van der Waals surface area contributed by atoms with E-state index in [2.05, 4.69) is 10.6 Å². The topological polar surface area (TPSA) is 159 Å². The molecule has 3 rings (SSSR count). The molecule has 10 heteroatoms. The molecule has 0 saturated carbocycles. The molecule has 6 N–H and O–H groups in total. The van der Waals surface area contributed by atoms with Crippen LogP contribution in [0.3, 0.4) is 0 Å². The summed E-state index contributed by atoms with van der Waals surface area (Å²) < 4.78 is 0. The van der Waals surface area contributed by atoms with Crippen LogP contribution < -0.4 is 15.5 Å². The van der Waals surface area contributed by atoms with Crippen molar-refractivity contribution in [1.29, 1.82) is 0 Å². The number of carbonyl (C=O) groups is 3. The van der Waals surface area contributed by atoms with E-state index in [0.717, 1.165) is 5.56 Å². The minimum Gasteiger partial charge on any atom is -0.396 e. The summed E-state index contributed by atoms with van der Waals surface area (Å²) in [5.41, 5.74) is 0.383. The van der Waals surface area contributed by atoms with Crippen molar-refractivity contribution in [3.05, 3.63) is 65.7 Å². The van der Waals surface area contributed by atoms with Crippen LogP contribution in [0.1, 0.15) is 38.3 Å². The van der Waals surface area contributed by atoms with Crippen molar-refractivity contribution in [3.8, 4) is 0 Å². The molecule has 3 amide bonds. The van der Waals surface area contributed by atoms with Crippen molar-refractivity contribution < 1.29 is 34.8 Å². The van der Waals surface area contributed by atoms with Crippen LogP contribution in [0.5, 0.6) is 0 Å². The Balaban J connectivity index is 1.95. The number of aliphatic hydroxyl groups excluding tert-OH is 3. The fraction of sp³-hybridized carbons (Fsp3) is 0.370.